The van der Waals surface area contributed by atoms with Crippen molar-refractivity contribution in [1.82, 2.24) is 19.2 Å². The first kappa shape index (κ1) is 27.5. The van der Waals surface area contributed by atoms with Gasteiger partial charge in [-0.25, -0.2) is 17.4 Å². The predicted octanol–water partition coefficient (Wildman–Crippen LogP) is 6.12. The van der Waals surface area contributed by atoms with E-state index in [0.29, 0.717) is 24.6 Å². The van der Waals surface area contributed by atoms with Gasteiger partial charge in [-0.15, -0.1) is 0 Å². The SMILES string of the molecule is O=S(=O)(c1ccccc1)n1cc(CN(CCCCNC2CCCCC2)Cc2ccnc(F)c2)c2ccccc21. The molecule has 0 aliphatic heterocycles. The van der Waals surface area contributed by atoms with E-state index in [0.717, 1.165) is 42.4 Å². The summed E-state index contributed by atoms with van der Waals surface area (Å²) in [5.41, 5.74) is 2.44. The van der Waals surface area contributed by atoms with Crippen molar-refractivity contribution in [3.05, 3.63) is 96.2 Å². The Morgan fingerprint density at radius 1 is 0.949 bits per heavy atom. The van der Waals surface area contributed by atoms with E-state index in [-0.39, 0.29) is 4.90 Å². The lowest BCUT2D eigenvalue weighted by atomic mass is 9.95. The summed E-state index contributed by atoms with van der Waals surface area (Å²) in [6, 6.07) is 20.1. The van der Waals surface area contributed by atoms with Crippen LogP contribution in [-0.2, 0) is 23.1 Å². The summed E-state index contributed by atoms with van der Waals surface area (Å²) in [5.74, 6) is -0.491. The normalized spacial score (nSPS) is 14.8. The smallest absolute Gasteiger partial charge is 0.268 e. The van der Waals surface area contributed by atoms with Crippen LogP contribution in [0.5, 0.6) is 0 Å². The van der Waals surface area contributed by atoms with Crippen LogP contribution < -0.4 is 5.32 Å². The number of fused-ring (bicyclic) bond motifs is 1. The van der Waals surface area contributed by atoms with Crippen molar-refractivity contribution < 1.29 is 12.8 Å². The number of nitrogens with one attached hydrogen (secondary N) is 1. The maximum absolute atomic E-state index is 13.9. The zero-order valence-corrected chi connectivity index (χ0v) is 23.1. The van der Waals surface area contributed by atoms with Crippen LogP contribution in [0.1, 0.15) is 56.1 Å². The molecule has 6 nitrogen and oxygen atoms in total. The van der Waals surface area contributed by atoms with Crippen molar-refractivity contribution in [2.45, 2.75) is 69.0 Å². The molecule has 0 bridgehead atoms. The molecule has 206 valence electrons. The minimum Gasteiger partial charge on any atom is -0.314 e. The van der Waals surface area contributed by atoms with Crippen molar-refractivity contribution in [3.8, 4) is 0 Å². The minimum absolute atomic E-state index is 0.256. The number of para-hydroxylation sites is 1. The van der Waals surface area contributed by atoms with Gasteiger partial charge >= 0.3 is 0 Å². The molecule has 0 unspecified atom stereocenters. The van der Waals surface area contributed by atoms with Gasteiger partial charge in [-0.05, 0) is 80.2 Å². The molecular weight excluding hydrogens is 511 g/mol. The minimum atomic E-state index is -3.75. The molecule has 0 atom stereocenters. The molecule has 0 saturated heterocycles. The summed E-state index contributed by atoms with van der Waals surface area (Å²) in [6.45, 7) is 2.93. The zero-order chi connectivity index (χ0) is 27.1. The number of aromatic nitrogens is 2. The van der Waals surface area contributed by atoms with Crippen LogP contribution in [0.2, 0.25) is 0 Å². The summed E-state index contributed by atoms with van der Waals surface area (Å²) in [4.78, 5) is 6.23. The van der Waals surface area contributed by atoms with E-state index in [1.165, 1.54) is 48.3 Å². The molecule has 8 heteroatoms. The summed E-state index contributed by atoms with van der Waals surface area (Å²) in [6.07, 6.45) is 11.8. The molecule has 1 aliphatic rings. The molecule has 0 radical (unpaired) electrons. The predicted molar refractivity (Wildman–Crippen MR) is 153 cm³/mol. The quantitative estimate of drug-likeness (QED) is 0.171. The molecule has 39 heavy (non-hydrogen) atoms. The van der Waals surface area contributed by atoms with Crippen LogP contribution in [0.3, 0.4) is 0 Å². The fourth-order valence-electron chi connectivity index (χ4n) is 5.58. The van der Waals surface area contributed by atoms with Crippen molar-refractivity contribution in [1.29, 1.82) is 0 Å². The number of halogens is 1. The maximum Gasteiger partial charge on any atom is 0.268 e. The average molecular weight is 549 g/mol. The van der Waals surface area contributed by atoms with Crippen molar-refractivity contribution in [3.63, 3.8) is 0 Å². The van der Waals surface area contributed by atoms with E-state index in [2.05, 4.69) is 15.2 Å². The van der Waals surface area contributed by atoms with E-state index in [1.807, 2.05) is 36.4 Å². The number of benzene rings is 2. The monoisotopic (exact) mass is 548 g/mol. The highest BCUT2D eigenvalue weighted by Gasteiger charge is 2.22. The number of unbranched alkanes of at least 4 members (excludes halogenated alkanes) is 1. The second kappa shape index (κ2) is 12.9. The highest BCUT2D eigenvalue weighted by atomic mass is 32.2. The molecule has 1 aliphatic carbocycles. The Hall–Kier alpha value is -3.07. The van der Waals surface area contributed by atoms with Gasteiger partial charge in [0.05, 0.1) is 10.4 Å². The molecule has 2 aromatic heterocycles. The summed E-state index contributed by atoms with van der Waals surface area (Å²) < 4.78 is 42.4. The number of rotatable bonds is 12. The third-order valence-electron chi connectivity index (χ3n) is 7.59. The van der Waals surface area contributed by atoms with Crippen LogP contribution >= 0.6 is 0 Å². The van der Waals surface area contributed by atoms with Gasteiger partial charge in [0.2, 0.25) is 5.95 Å². The Kier molecular flexibility index (Phi) is 9.06. The molecule has 4 aromatic rings. The topological polar surface area (TPSA) is 67.2 Å². The van der Waals surface area contributed by atoms with Crippen molar-refractivity contribution >= 4 is 20.9 Å². The Morgan fingerprint density at radius 2 is 1.72 bits per heavy atom. The summed E-state index contributed by atoms with van der Waals surface area (Å²) in [7, 11) is -3.75. The number of nitrogens with zero attached hydrogens (tertiary/aromatic N) is 3. The highest BCUT2D eigenvalue weighted by Crippen LogP contribution is 2.27. The van der Waals surface area contributed by atoms with Gasteiger partial charge in [0.25, 0.3) is 10.0 Å². The first-order valence-corrected chi connectivity index (χ1v) is 15.4. The summed E-state index contributed by atoms with van der Waals surface area (Å²) >= 11 is 0. The van der Waals surface area contributed by atoms with E-state index < -0.39 is 16.0 Å². The van der Waals surface area contributed by atoms with E-state index in [4.69, 9.17) is 0 Å². The molecule has 1 fully saturated rings. The van der Waals surface area contributed by atoms with Crippen molar-refractivity contribution in [2.24, 2.45) is 0 Å². The Balaban J connectivity index is 1.35. The highest BCUT2D eigenvalue weighted by molar-refractivity contribution is 7.90. The van der Waals surface area contributed by atoms with Crippen LogP contribution in [-0.4, -0.2) is 41.4 Å². The molecule has 0 amide bonds. The zero-order valence-electron chi connectivity index (χ0n) is 22.3. The lowest BCUT2D eigenvalue weighted by molar-refractivity contribution is 0.250. The molecular formula is C31H37FN4O2S. The largest absolute Gasteiger partial charge is 0.314 e. The van der Waals surface area contributed by atoms with Crippen LogP contribution in [0.4, 0.5) is 4.39 Å². The van der Waals surface area contributed by atoms with Gasteiger partial charge in [0.1, 0.15) is 0 Å². The third kappa shape index (κ3) is 6.93. The molecule has 1 N–H and O–H groups in total. The molecule has 1 saturated carbocycles. The third-order valence-corrected chi connectivity index (χ3v) is 9.28. The summed E-state index contributed by atoms with van der Waals surface area (Å²) in [5, 5.41) is 4.62. The molecule has 5 rings (SSSR count). The lowest BCUT2D eigenvalue weighted by Gasteiger charge is -2.24. The number of hydrogen-bond acceptors (Lipinski definition) is 5. The van der Waals surface area contributed by atoms with E-state index in [9.17, 15) is 12.8 Å². The van der Waals surface area contributed by atoms with E-state index >= 15 is 0 Å². The first-order valence-electron chi connectivity index (χ1n) is 14.0. The molecule has 2 heterocycles. The molecule has 2 aromatic carbocycles. The average Bonchev–Trinajstić information content (AvgIpc) is 3.33. The lowest BCUT2D eigenvalue weighted by Crippen LogP contribution is -2.32. The van der Waals surface area contributed by atoms with Gasteiger partial charge in [0, 0.05) is 36.9 Å². The van der Waals surface area contributed by atoms with Gasteiger partial charge in [-0.1, -0.05) is 55.7 Å². The Morgan fingerprint density at radius 3 is 2.51 bits per heavy atom. The second-order valence-corrected chi connectivity index (χ2v) is 12.3. The maximum atomic E-state index is 13.9. The second-order valence-electron chi connectivity index (χ2n) is 10.5. The molecule has 0 spiro atoms. The fourth-order valence-corrected chi connectivity index (χ4v) is 6.99. The Bertz CT molecular complexity index is 1470. The van der Waals surface area contributed by atoms with Crippen molar-refractivity contribution in [2.75, 3.05) is 13.1 Å². The van der Waals surface area contributed by atoms with E-state index in [1.54, 1.807) is 30.5 Å². The van der Waals surface area contributed by atoms with Crippen LogP contribution in [0.15, 0.2) is 84.0 Å². The van der Waals surface area contributed by atoms with Gasteiger partial charge < -0.3 is 5.32 Å². The number of pyridine rings is 1. The van der Waals surface area contributed by atoms with Crippen LogP contribution in [0, 0.1) is 5.95 Å². The Labute approximate surface area is 230 Å². The fraction of sp³-hybridized carbons (Fsp3) is 0.387. The van der Waals surface area contributed by atoms with Gasteiger partial charge in [0.15, 0.2) is 0 Å². The first-order chi connectivity index (χ1) is 19.0. The van der Waals surface area contributed by atoms with Gasteiger partial charge in [-0.3, -0.25) is 4.90 Å². The van der Waals surface area contributed by atoms with Gasteiger partial charge in [-0.2, -0.15) is 4.39 Å². The van der Waals surface area contributed by atoms with Crippen LogP contribution in [0.25, 0.3) is 10.9 Å². The number of hydrogen-bond donors (Lipinski definition) is 1. The standard InChI is InChI=1S/C31H37FN4O2S/c32-31-21-25(17-19-34-31)22-35(20-10-9-18-33-27-11-3-1-4-12-27)23-26-24-36(30-16-8-7-15-29(26)30)39(37,38)28-13-5-2-6-14-28/h2,5-8,13-17,19,21,24,27,33H,1,3-4,9-12,18,20,22-23H2.